The number of allylic oxidation sites excluding steroid dienone is 1. The maximum Gasteiger partial charge on any atom is 0.302 e. The zero-order valence-electron chi connectivity index (χ0n) is 10.5. The molecule has 1 aliphatic rings. The Morgan fingerprint density at radius 1 is 1.22 bits per heavy atom. The van der Waals surface area contributed by atoms with Gasteiger partial charge in [0.15, 0.2) is 0 Å². The predicted molar refractivity (Wildman–Crippen MR) is 73.0 cm³/mol. The summed E-state index contributed by atoms with van der Waals surface area (Å²) in [5.41, 5.74) is 4.82. The number of benzene rings is 2. The standard InChI is InChI=1S/C16H14O2/c1-10-8-15-13(9-18-11(2)17)7-6-12-4-3-5-14(10)16(12)15/h3-8H,9H2,1-2H3. The van der Waals surface area contributed by atoms with Gasteiger partial charge in [0.1, 0.15) is 6.61 Å². The molecule has 3 rings (SSSR count). The van der Waals surface area contributed by atoms with Gasteiger partial charge < -0.3 is 4.74 Å². The number of carbonyl (C=O) groups is 1. The highest BCUT2D eigenvalue weighted by atomic mass is 16.5. The highest BCUT2D eigenvalue weighted by Gasteiger charge is 2.16. The van der Waals surface area contributed by atoms with E-state index in [1.54, 1.807) is 0 Å². The molecule has 0 amide bonds. The van der Waals surface area contributed by atoms with Crippen LogP contribution in [0.15, 0.2) is 30.3 Å². The molecule has 0 aromatic heterocycles. The van der Waals surface area contributed by atoms with Crippen LogP contribution >= 0.6 is 0 Å². The Hall–Kier alpha value is -2.09. The Balaban J connectivity index is 2.16. The Morgan fingerprint density at radius 3 is 2.83 bits per heavy atom. The molecule has 2 aromatic carbocycles. The second-order valence-electron chi connectivity index (χ2n) is 4.65. The molecule has 2 aromatic rings. The van der Waals surface area contributed by atoms with Crippen molar-refractivity contribution in [2.75, 3.05) is 0 Å². The molecule has 0 N–H and O–H groups in total. The lowest BCUT2D eigenvalue weighted by atomic mass is 9.99. The smallest absolute Gasteiger partial charge is 0.302 e. The van der Waals surface area contributed by atoms with E-state index in [1.807, 2.05) is 6.07 Å². The van der Waals surface area contributed by atoms with Gasteiger partial charge in [-0.25, -0.2) is 0 Å². The van der Waals surface area contributed by atoms with Crippen LogP contribution in [0.1, 0.15) is 30.5 Å². The van der Waals surface area contributed by atoms with Gasteiger partial charge in [0, 0.05) is 6.92 Å². The SMILES string of the molecule is CC(=O)OCc1ccc2cccc3c2c1C=C3C. The minimum Gasteiger partial charge on any atom is -0.461 e. The predicted octanol–water partition coefficient (Wildman–Crippen LogP) is 3.78. The third-order valence-corrected chi connectivity index (χ3v) is 3.39. The molecule has 0 heterocycles. The zero-order chi connectivity index (χ0) is 12.7. The van der Waals surface area contributed by atoms with Gasteiger partial charge in [0.25, 0.3) is 0 Å². The van der Waals surface area contributed by atoms with Crippen LogP contribution in [0.3, 0.4) is 0 Å². The Labute approximate surface area is 106 Å². The van der Waals surface area contributed by atoms with Crippen LogP contribution in [-0.2, 0) is 16.1 Å². The lowest BCUT2D eigenvalue weighted by Gasteiger charge is -2.08. The van der Waals surface area contributed by atoms with E-state index in [-0.39, 0.29) is 5.97 Å². The number of carbonyl (C=O) groups excluding carboxylic acids is 1. The number of hydrogen-bond donors (Lipinski definition) is 0. The normalized spacial score (nSPS) is 12.7. The summed E-state index contributed by atoms with van der Waals surface area (Å²) in [4.78, 5) is 10.9. The minimum atomic E-state index is -0.241. The average Bonchev–Trinajstić information content (AvgIpc) is 2.68. The first-order valence-corrected chi connectivity index (χ1v) is 6.03. The topological polar surface area (TPSA) is 26.3 Å². The molecule has 18 heavy (non-hydrogen) atoms. The van der Waals surface area contributed by atoms with Crippen LogP contribution < -0.4 is 0 Å². The monoisotopic (exact) mass is 238 g/mol. The number of esters is 1. The van der Waals surface area contributed by atoms with Crippen molar-refractivity contribution in [2.45, 2.75) is 20.5 Å². The van der Waals surface area contributed by atoms with Crippen molar-refractivity contribution >= 4 is 28.4 Å². The Morgan fingerprint density at radius 2 is 2.06 bits per heavy atom. The Bertz CT molecular complexity index is 681. The summed E-state index contributed by atoms with van der Waals surface area (Å²) < 4.78 is 5.11. The molecule has 0 saturated carbocycles. The van der Waals surface area contributed by atoms with Crippen LogP contribution in [0.5, 0.6) is 0 Å². The largest absolute Gasteiger partial charge is 0.461 e. The highest BCUT2D eigenvalue weighted by Crippen LogP contribution is 2.38. The molecular formula is C16H14O2. The summed E-state index contributed by atoms with van der Waals surface area (Å²) in [5.74, 6) is -0.241. The van der Waals surface area contributed by atoms with Crippen molar-refractivity contribution in [3.05, 3.63) is 47.0 Å². The molecule has 0 unspecified atom stereocenters. The maximum atomic E-state index is 10.9. The summed E-state index contributed by atoms with van der Waals surface area (Å²) in [6, 6.07) is 10.5. The van der Waals surface area contributed by atoms with E-state index in [2.05, 4.69) is 37.3 Å². The van der Waals surface area contributed by atoms with Crippen molar-refractivity contribution in [1.82, 2.24) is 0 Å². The van der Waals surface area contributed by atoms with Crippen molar-refractivity contribution < 1.29 is 9.53 Å². The summed E-state index contributed by atoms with van der Waals surface area (Å²) in [6.07, 6.45) is 2.18. The van der Waals surface area contributed by atoms with Crippen molar-refractivity contribution in [2.24, 2.45) is 0 Å². The number of ether oxygens (including phenoxy) is 1. The molecule has 0 fully saturated rings. The van der Waals surface area contributed by atoms with Crippen LogP contribution in [0.4, 0.5) is 0 Å². The van der Waals surface area contributed by atoms with E-state index in [0.29, 0.717) is 6.61 Å². The van der Waals surface area contributed by atoms with Gasteiger partial charge in [-0.2, -0.15) is 0 Å². The lowest BCUT2D eigenvalue weighted by molar-refractivity contribution is -0.142. The fourth-order valence-electron chi connectivity index (χ4n) is 2.54. The molecule has 0 saturated heterocycles. The summed E-state index contributed by atoms with van der Waals surface area (Å²) in [7, 11) is 0. The van der Waals surface area contributed by atoms with Gasteiger partial charge >= 0.3 is 5.97 Å². The molecular weight excluding hydrogens is 224 g/mol. The van der Waals surface area contributed by atoms with Gasteiger partial charge in [-0.1, -0.05) is 36.4 Å². The summed E-state index contributed by atoms with van der Waals surface area (Å²) in [5, 5.41) is 2.52. The van der Waals surface area contributed by atoms with Crippen molar-refractivity contribution in [1.29, 1.82) is 0 Å². The van der Waals surface area contributed by atoms with Crippen molar-refractivity contribution in [3.8, 4) is 0 Å². The second-order valence-corrected chi connectivity index (χ2v) is 4.65. The number of hydrogen-bond acceptors (Lipinski definition) is 2. The van der Waals surface area contributed by atoms with Crippen molar-refractivity contribution in [3.63, 3.8) is 0 Å². The van der Waals surface area contributed by atoms with E-state index >= 15 is 0 Å². The molecule has 2 nitrogen and oxygen atoms in total. The molecule has 0 atom stereocenters. The van der Waals surface area contributed by atoms with E-state index in [0.717, 1.165) is 5.56 Å². The fraction of sp³-hybridized carbons (Fsp3) is 0.188. The Kier molecular flexibility index (Phi) is 2.44. The molecule has 2 heteroatoms. The minimum absolute atomic E-state index is 0.241. The molecule has 0 bridgehead atoms. The summed E-state index contributed by atoms with van der Waals surface area (Å²) >= 11 is 0. The van der Waals surface area contributed by atoms with Gasteiger partial charge in [0.2, 0.25) is 0 Å². The first-order valence-electron chi connectivity index (χ1n) is 6.03. The van der Waals surface area contributed by atoms with Crippen LogP contribution in [0.25, 0.3) is 22.4 Å². The van der Waals surface area contributed by atoms with E-state index in [9.17, 15) is 4.79 Å². The average molecular weight is 238 g/mol. The second kappa shape index (κ2) is 3.98. The first kappa shape index (κ1) is 11.0. The molecule has 1 aliphatic carbocycles. The van der Waals surface area contributed by atoms with Gasteiger partial charge in [-0.3, -0.25) is 4.79 Å². The number of rotatable bonds is 2. The van der Waals surface area contributed by atoms with Crippen LogP contribution in [0.2, 0.25) is 0 Å². The summed E-state index contributed by atoms with van der Waals surface area (Å²) in [6.45, 7) is 3.90. The van der Waals surface area contributed by atoms with E-state index in [4.69, 9.17) is 4.74 Å². The third-order valence-electron chi connectivity index (χ3n) is 3.39. The highest BCUT2D eigenvalue weighted by molar-refractivity contribution is 6.09. The molecule has 0 radical (unpaired) electrons. The quantitative estimate of drug-likeness (QED) is 0.744. The fourth-order valence-corrected chi connectivity index (χ4v) is 2.54. The van der Waals surface area contributed by atoms with Crippen LogP contribution in [-0.4, -0.2) is 5.97 Å². The van der Waals surface area contributed by atoms with Crippen LogP contribution in [0, 0.1) is 0 Å². The van der Waals surface area contributed by atoms with Gasteiger partial charge in [0.05, 0.1) is 0 Å². The molecule has 0 aliphatic heterocycles. The lowest BCUT2D eigenvalue weighted by Crippen LogP contribution is -2.00. The van der Waals surface area contributed by atoms with E-state index < -0.39 is 0 Å². The zero-order valence-corrected chi connectivity index (χ0v) is 10.5. The molecule has 0 spiro atoms. The van der Waals surface area contributed by atoms with Gasteiger partial charge in [-0.05, 0) is 40.0 Å². The maximum absolute atomic E-state index is 10.9. The molecule has 90 valence electrons. The van der Waals surface area contributed by atoms with E-state index in [1.165, 1.54) is 34.4 Å². The third kappa shape index (κ3) is 1.61. The van der Waals surface area contributed by atoms with Gasteiger partial charge in [-0.15, -0.1) is 0 Å². The first-order chi connectivity index (χ1) is 8.66.